The van der Waals surface area contributed by atoms with Crippen LogP contribution in [0.3, 0.4) is 0 Å². The maximum absolute atomic E-state index is 14.2. The molecule has 0 saturated carbocycles. The van der Waals surface area contributed by atoms with Gasteiger partial charge in [0.1, 0.15) is 37.6 Å². The molecule has 2 amide bonds. The first kappa shape index (κ1) is 60.4. The van der Waals surface area contributed by atoms with E-state index >= 15 is 0 Å². The number of carbonyl (C=O) groups is 4. The fraction of sp³-hybridized carbons (Fsp3) is 0.765. The first-order valence-electron chi connectivity index (χ1n) is 25.3. The number of nitrogens with one attached hydrogen (secondary N) is 2. The summed E-state index contributed by atoms with van der Waals surface area (Å²) in [6.07, 6.45) is 12.6. The second-order valence-electron chi connectivity index (χ2n) is 18.3. The van der Waals surface area contributed by atoms with E-state index in [4.69, 9.17) is 77.4 Å². The summed E-state index contributed by atoms with van der Waals surface area (Å²) in [4.78, 5) is 53.7. The quantitative estimate of drug-likeness (QED) is 0.0216. The highest BCUT2D eigenvalue weighted by atomic mass is 35.6. The van der Waals surface area contributed by atoms with Gasteiger partial charge in [0.05, 0.1) is 32.3 Å². The summed E-state index contributed by atoms with van der Waals surface area (Å²) in [6.45, 7) is 11.2. The van der Waals surface area contributed by atoms with E-state index in [1.54, 1.807) is 13.8 Å². The second-order valence-corrected chi connectivity index (χ2v) is 20.9. The predicted octanol–water partition coefficient (Wildman–Crippen LogP) is 11.5. The van der Waals surface area contributed by atoms with Crippen LogP contribution in [0.4, 0.5) is 9.59 Å². The summed E-state index contributed by atoms with van der Waals surface area (Å²) in [5, 5.41) is 5.49. The molecule has 2 aliphatic rings. The van der Waals surface area contributed by atoms with Gasteiger partial charge in [0, 0.05) is 13.0 Å². The molecule has 394 valence electrons. The Morgan fingerprint density at radius 2 is 1.48 bits per heavy atom. The molecule has 0 bridgehead atoms. The molecule has 2 saturated heterocycles. The van der Waals surface area contributed by atoms with E-state index in [9.17, 15) is 19.2 Å². The van der Waals surface area contributed by atoms with Crippen LogP contribution in [-0.4, -0.2) is 110 Å². The van der Waals surface area contributed by atoms with Gasteiger partial charge in [-0.05, 0) is 45.1 Å². The van der Waals surface area contributed by atoms with Gasteiger partial charge in [0.2, 0.25) is 3.79 Å². The van der Waals surface area contributed by atoms with Crippen molar-refractivity contribution in [1.82, 2.24) is 10.6 Å². The number of hydrogen-bond acceptors (Lipinski definition) is 13. The molecule has 0 radical (unpaired) electrons. The van der Waals surface area contributed by atoms with Crippen molar-refractivity contribution >= 4 is 58.9 Å². The minimum atomic E-state index is -1.93. The molecule has 0 aliphatic carbocycles. The minimum Gasteiger partial charge on any atom is -0.462 e. The number of alkyl halides is 3. The number of alkyl carbamates (subject to hydrolysis) is 2. The number of carbonyl (C=O) groups excluding carboxylic acids is 4. The fourth-order valence-corrected chi connectivity index (χ4v) is 8.23. The van der Waals surface area contributed by atoms with Crippen LogP contribution in [-0.2, 0) is 58.8 Å². The van der Waals surface area contributed by atoms with Gasteiger partial charge in [-0.2, -0.15) is 0 Å². The van der Waals surface area contributed by atoms with Crippen molar-refractivity contribution in [3.63, 3.8) is 0 Å². The van der Waals surface area contributed by atoms with Crippen LogP contribution in [0.2, 0.25) is 0 Å². The third-order valence-corrected chi connectivity index (χ3v) is 12.1. The number of halogens is 3. The normalized spacial score (nSPS) is 20.7. The summed E-state index contributed by atoms with van der Waals surface area (Å²) in [7, 11) is 0. The average molecular weight is 1040 g/mol. The molecule has 0 spiro atoms. The van der Waals surface area contributed by atoms with Crippen LogP contribution in [0.15, 0.2) is 43.0 Å². The highest BCUT2D eigenvalue weighted by Crippen LogP contribution is 2.35. The smallest absolute Gasteiger partial charge is 0.407 e. The van der Waals surface area contributed by atoms with Crippen molar-refractivity contribution in [2.24, 2.45) is 0 Å². The average Bonchev–Trinajstić information content (AvgIpc) is 3.30. The number of amides is 2. The summed E-state index contributed by atoms with van der Waals surface area (Å²) >= 11 is 17.8. The van der Waals surface area contributed by atoms with E-state index in [2.05, 4.69) is 31.1 Å². The Hall–Kier alpha value is -2.89. The fourth-order valence-electron chi connectivity index (χ4n) is 8.07. The van der Waals surface area contributed by atoms with E-state index in [-0.39, 0.29) is 51.7 Å². The summed E-state index contributed by atoms with van der Waals surface area (Å²) in [5.74, 6) is -2.20. The van der Waals surface area contributed by atoms with Crippen LogP contribution in [0.5, 0.6) is 0 Å². The predicted molar refractivity (Wildman–Crippen MR) is 266 cm³/mol. The molecule has 2 N–H and O–H groups in total. The molecule has 1 aromatic carbocycles. The number of esters is 2. The number of benzene rings is 1. The Kier molecular flexibility index (Phi) is 30.2. The number of unbranched alkanes of at least 4 members (excludes halogenated alkanes) is 14. The Balaban J connectivity index is 1.84. The molecule has 3 rings (SSSR count). The molecule has 2 fully saturated rings. The van der Waals surface area contributed by atoms with Crippen LogP contribution >= 0.6 is 34.8 Å². The van der Waals surface area contributed by atoms with E-state index < -0.39 is 77.1 Å². The molecule has 0 aromatic heterocycles. The standard InChI is InChI=1S/C51H81Cl3N2O13/c1-6-9-11-13-15-16-18-19-24-28-40(66-42(57)29-25-20-17-14-12-10-7-2)33-43(58)68-46-44(56-49(60)64-37-51(52,53)54)47(67-41-36-65-50(4,5)69-45(41)46)63-35-39(55-48(59)62-31-8-3)30-32-61-34-38-26-22-21-23-27-38/h8,21-23,26-27,39-41,44-47H,3,6-7,9-20,24-25,28-37H2,1-2,4-5H3,(H,55,59)(H,56,60)/t39-,40+,41+,44+,45+,46+,47+/m0/s1. The second kappa shape index (κ2) is 34.5. The lowest BCUT2D eigenvalue weighted by Gasteiger charge is -2.50. The Morgan fingerprint density at radius 1 is 0.841 bits per heavy atom. The molecular weight excluding hydrogens is 955 g/mol. The third kappa shape index (κ3) is 26.9. The van der Waals surface area contributed by atoms with E-state index in [0.717, 1.165) is 50.5 Å². The summed E-state index contributed by atoms with van der Waals surface area (Å²) in [6, 6.07) is 7.65. The lowest BCUT2D eigenvalue weighted by molar-refractivity contribution is -0.369. The maximum Gasteiger partial charge on any atom is 0.407 e. The van der Waals surface area contributed by atoms with Crippen molar-refractivity contribution in [2.45, 2.75) is 215 Å². The zero-order chi connectivity index (χ0) is 50.3. The molecule has 18 heteroatoms. The lowest BCUT2D eigenvalue weighted by atomic mass is 9.95. The molecule has 2 aliphatic heterocycles. The van der Waals surface area contributed by atoms with Gasteiger partial charge in [-0.1, -0.05) is 182 Å². The first-order valence-corrected chi connectivity index (χ1v) is 26.4. The van der Waals surface area contributed by atoms with Crippen molar-refractivity contribution in [3.8, 4) is 0 Å². The monoisotopic (exact) mass is 1030 g/mol. The van der Waals surface area contributed by atoms with Crippen molar-refractivity contribution < 1.29 is 61.8 Å². The Bertz CT molecular complexity index is 1600. The number of fused-ring (bicyclic) bond motifs is 1. The zero-order valence-corrected chi connectivity index (χ0v) is 43.8. The van der Waals surface area contributed by atoms with Gasteiger partial charge in [0.15, 0.2) is 18.2 Å². The van der Waals surface area contributed by atoms with Crippen LogP contribution in [0, 0.1) is 0 Å². The van der Waals surface area contributed by atoms with Gasteiger partial charge in [-0.15, -0.1) is 0 Å². The van der Waals surface area contributed by atoms with E-state index in [1.807, 2.05) is 30.3 Å². The number of ether oxygens (including phenoxy) is 9. The maximum atomic E-state index is 14.2. The molecule has 0 unspecified atom stereocenters. The summed E-state index contributed by atoms with van der Waals surface area (Å²) < 4.78 is 51.8. The SMILES string of the molecule is C=CCOC(=O)N[C@@H](CCOCc1ccccc1)CO[C@@H]1O[C@@H]2COC(C)(C)O[C@H]2[C@H](OC(=O)C[C@@H](CCCCCCCCCCC)OC(=O)CCCCCCCCC)[C@H]1NC(=O)OCC(Cl)(Cl)Cl. The number of rotatable bonds is 35. The van der Waals surface area contributed by atoms with Crippen molar-refractivity contribution in [2.75, 3.05) is 33.0 Å². The largest absolute Gasteiger partial charge is 0.462 e. The molecule has 15 nitrogen and oxygen atoms in total. The highest BCUT2D eigenvalue weighted by molar-refractivity contribution is 6.67. The summed E-state index contributed by atoms with van der Waals surface area (Å²) in [5.41, 5.74) is 0.974. The Labute approximate surface area is 426 Å². The highest BCUT2D eigenvalue weighted by Gasteiger charge is 2.54. The Morgan fingerprint density at radius 3 is 2.12 bits per heavy atom. The molecule has 2 heterocycles. The van der Waals surface area contributed by atoms with Gasteiger partial charge in [0.25, 0.3) is 0 Å². The minimum absolute atomic E-state index is 0.0103. The topological polar surface area (TPSA) is 175 Å². The van der Waals surface area contributed by atoms with E-state index in [1.165, 1.54) is 57.4 Å². The van der Waals surface area contributed by atoms with Gasteiger partial charge >= 0.3 is 24.1 Å². The van der Waals surface area contributed by atoms with Crippen molar-refractivity contribution in [3.05, 3.63) is 48.6 Å². The van der Waals surface area contributed by atoms with E-state index in [0.29, 0.717) is 19.4 Å². The number of hydrogen-bond donors (Lipinski definition) is 2. The van der Waals surface area contributed by atoms with Crippen LogP contribution < -0.4 is 10.6 Å². The lowest BCUT2D eigenvalue weighted by Crippen LogP contribution is -2.69. The van der Waals surface area contributed by atoms with Gasteiger partial charge in [-0.25, -0.2) is 9.59 Å². The molecule has 69 heavy (non-hydrogen) atoms. The molecule has 1 aromatic rings. The molecular formula is C51H81Cl3N2O13. The zero-order valence-electron chi connectivity index (χ0n) is 41.5. The van der Waals surface area contributed by atoms with Crippen LogP contribution in [0.25, 0.3) is 0 Å². The van der Waals surface area contributed by atoms with Crippen LogP contribution in [0.1, 0.15) is 162 Å². The van der Waals surface area contributed by atoms with Crippen molar-refractivity contribution in [1.29, 1.82) is 0 Å². The van der Waals surface area contributed by atoms with Gasteiger partial charge in [-0.3, -0.25) is 9.59 Å². The third-order valence-electron chi connectivity index (χ3n) is 11.7. The van der Waals surface area contributed by atoms with Gasteiger partial charge < -0.3 is 53.3 Å². The molecule has 7 atom stereocenters. The first-order chi connectivity index (χ1) is 33.1.